The van der Waals surface area contributed by atoms with Crippen LogP contribution >= 0.6 is 11.3 Å². The minimum absolute atomic E-state index is 0.178. The fraction of sp³-hybridized carbons (Fsp3) is 0.421. The van der Waals surface area contributed by atoms with Crippen molar-refractivity contribution in [2.75, 3.05) is 31.1 Å². The Bertz CT molecular complexity index is 684. The summed E-state index contributed by atoms with van der Waals surface area (Å²) in [6.07, 6.45) is 0. The van der Waals surface area contributed by atoms with Crippen LogP contribution in [0.15, 0.2) is 35.7 Å². The topological polar surface area (TPSA) is 23.6 Å². The van der Waals surface area contributed by atoms with E-state index in [1.165, 1.54) is 16.1 Å². The number of carbonyl (C=O) groups excluding carboxylic acids is 1. The van der Waals surface area contributed by atoms with E-state index in [4.69, 9.17) is 0 Å². The highest BCUT2D eigenvalue weighted by Gasteiger charge is 2.23. The number of rotatable bonds is 3. The molecule has 0 N–H and O–H groups in total. The van der Waals surface area contributed by atoms with E-state index in [1.807, 2.05) is 10.3 Å². The number of benzene rings is 1. The molecule has 23 heavy (non-hydrogen) atoms. The zero-order valence-electron chi connectivity index (χ0n) is 14.1. The summed E-state index contributed by atoms with van der Waals surface area (Å²) in [5.74, 6) is 0.664. The fourth-order valence-corrected chi connectivity index (χ4v) is 3.92. The number of para-hydroxylation sites is 1. The van der Waals surface area contributed by atoms with Crippen molar-refractivity contribution in [1.82, 2.24) is 4.90 Å². The summed E-state index contributed by atoms with van der Waals surface area (Å²) in [6, 6.07) is 10.5. The normalized spacial score (nSPS) is 15.3. The number of nitrogens with zero attached hydrogens (tertiary/aromatic N) is 2. The Labute approximate surface area is 142 Å². The Morgan fingerprint density at radius 2 is 1.83 bits per heavy atom. The summed E-state index contributed by atoms with van der Waals surface area (Å²) in [6.45, 7) is 9.86. The zero-order chi connectivity index (χ0) is 16.4. The maximum absolute atomic E-state index is 12.7. The van der Waals surface area contributed by atoms with Crippen molar-refractivity contribution in [3.8, 4) is 0 Å². The van der Waals surface area contributed by atoms with Crippen LogP contribution in [0.2, 0.25) is 0 Å². The molecule has 3 rings (SSSR count). The van der Waals surface area contributed by atoms with E-state index < -0.39 is 0 Å². The predicted molar refractivity (Wildman–Crippen MR) is 97.7 cm³/mol. The van der Waals surface area contributed by atoms with E-state index in [1.54, 1.807) is 11.3 Å². The minimum Gasteiger partial charge on any atom is -0.368 e. The molecule has 1 amide bonds. The summed E-state index contributed by atoms with van der Waals surface area (Å²) in [5, 5.41) is 2.01. The molecule has 1 aliphatic heterocycles. The van der Waals surface area contributed by atoms with Crippen molar-refractivity contribution in [3.63, 3.8) is 0 Å². The number of amides is 1. The van der Waals surface area contributed by atoms with Crippen molar-refractivity contribution in [1.29, 1.82) is 0 Å². The lowest BCUT2D eigenvalue weighted by molar-refractivity contribution is 0.0747. The maximum atomic E-state index is 12.7. The van der Waals surface area contributed by atoms with Gasteiger partial charge in [-0.1, -0.05) is 32.0 Å². The third kappa shape index (κ3) is 3.42. The molecule has 2 heterocycles. The average Bonchev–Trinajstić information content (AvgIpc) is 3.05. The van der Waals surface area contributed by atoms with Crippen LogP contribution in [0.4, 0.5) is 5.69 Å². The quantitative estimate of drug-likeness (QED) is 0.845. The molecule has 122 valence electrons. The summed E-state index contributed by atoms with van der Waals surface area (Å²) < 4.78 is 0. The van der Waals surface area contributed by atoms with Crippen molar-refractivity contribution in [2.24, 2.45) is 0 Å². The number of anilines is 1. The molecule has 1 aromatic carbocycles. The molecule has 0 aliphatic carbocycles. The average molecular weight is 328 g/mol. The molecule has 1 saturated heterocycles. The molecule has 0 bridgehead atoms. The maximum Gasteiger partial charge on any atom is 0.254 e. The van der Waals surface area contributed by atoms with Crippen molar-refractivity contribution in [3.05, 3.63) is 51.7 Å². The number of thiophene rings is 1. The fourth-order valence-electron chi connectivity index (χ4n) is 3.02. The molecule has 1 aliphatic rings. The van der Waals surface area contributed by atoms with E-state index in [2.05, 4.69) is 56.0 Å². The first-order valence-electron chi connectivity index (χ1n) is 8.24. The van der Waals surface area contributed by atoms with Crippen LogP contribution in [0.5, 0.6) is 0 Å². The number of carbonyl (C=O) groups is 1. The van der Waals surface area contributed by atoms with Gasteiger partial charge in [-0.25, -0.2) is 0 Å². The van der Waals surface area contributed by atoms with Gasteiger partial charge in [0.2, 0.25) is 0 Å². The molecule has 0 radical (unpaired) electrons. The van der Waals surface area contributed by atoms with Gasteiger partial charge in [0, 0.05) is 42.1 Å². The second kappa shape index (κ2) is 6.75. The van der Waals surface area contributed by atoms with E-state index in [0.717, 1.165) is 31.7 Å². The smallest absolute Gasteiger partial charge is 0.254 e. The second-order valence-electron chi connectivity index (χ2n) is 6.46. The van der Waals surface area contributed by atoms with E-state index in [-0.39, 0.29) is 5.91 Å². The Hall–Kier alpha value is -1.81. The Morgan fingerprint density at radius 3 is 2.43 bits per heavy atom. The van der Waals surface area contributed by atoms with Gasteiger partial charge in [0.25, 0.3) is 5.91 Å². The van der Waals surface area contributed by atoms with Gasteiger partial charge in [0.05, 0.1) is 5.56 Å². The van der Waals surface area contributed by atoms with Gasteiger partial charge in [-0.05, 0) is 30.5 Å². The van der Waals surface area contributed by atoms with Gasteiger partial charge in [0.15, 0.2) is 0 Å². The van der Waals surface area contributed by atoms with Crippen LogP contribution in [-0.4, -0.2) is 37.0 Å². The molecule has 0 saturated carbocycles. The van der Waals surface area contributed by atoms with Crippen molar-refractivity contribution >= 4 is 22.9 Å². The Balaban J connectivity index is 1.64. The standard InChI is InChI=1S/C19H24N2OS/c1-14(2)18-12-16(13-23-18)19(22)21-10-8-20(9-11-21)17-7-5-4-6-15(17)3/h4-7,12-14H,8-11H2,1-3H3. The summed E-state index contributed by atoms with van der Waals surface area (Å²) in [4.78, 5) is 18.3. The van der Waals surface area contributed by atoms with Gasteiger partial charge in [0.1, 0.15) is 0 Å². The second-order valence-corrected chi connectivity index (χ2v) is 7.40. The first kappa shape index (κ1) is 16.1. The first-order valence-corrected chi connectivity index (χ1v) is 9.12. The highest BCUT2D eigenvalue weighted by molar-refractivity contribution is 7.10. The molecular weight excluding hydrogens is 304 g/mol. The van der Waals surface area contributed by atoms with Gasteiger partial charge in [-0.15, -0.1) is 11.3 Å². The largest absolute Gasteiger partial charge is 0.368 e. The van der Waals surface area contributed by atoms with Crippen LogP contribution in [0.3, 0.4) is 0 Å². The van der Waals surface area contributed by atoms with Crippen molar-refractivity contribution in [2.45, 2.75) is 26.7 Å². The molecule has 0 unspecified atom stereocenters. The lowest BCUT2D eigenvalue weighted by atomic mass is 10.1. The van der Waals surface area contributed by atoms with E-state index in [9.17, 15) is 4.79 Å². The summed E-state index contributed by atoms with van der Waals surface area (Å²) >= 11 is 1.69. The van der Waals surface area contributed by atoms with Gasteiger partial charge < -0.3 is 9.80 Å². The van der Waals surface area contributed by atoms with Crippen LogP contribution in [0, 0.1) is 6.92 Å². The molecule has 0 spiro atoms. The molecule has 2 aromatic rings. The number of piperazine rings is 1. The van der Waals surface area contributed by atoms with E-state index >= 15 is 0 Å². The van der Waals surface area contributed by atoms with Gasteiger partial charge >= 0.3 is 0 Å². The zero-order valence-corrected chi connectivity index (χ0v) is 14.9. The van der Waals surface area contributed by atoms with Gasteiger partial charge in [-0.2, -0.15) is 0 Å². The molecular formula is C19H24N2OS. The third-order valence-corrected chi connectivity index (χ3v) is 5.69. The Kier molecular flexibility index (Phi) is 4.71. The lowest BCUT2D eigenvalue weighted by Gasteiger charge is -2.36. The summed E-state index contributed by atoms with van der Waals surface area (Å²) in [7, 11) is 0. The third-order valence-electron chi connectivity index (χ3n) is 4.46. The molecule has 4 heteroatoms. The molecule has 1 fully saturated rings. The molecule has 1 aromatic heterocycles. The highest BCUT2D eigenvalue weighted by Crippen LogP contribution is 2.25. The van der Waals surface area contributed by atoms with Crippen LogP contribution < -0.4 is 4.90 Å². The van der Waals surface area contributed by atoms with Gasteiger partial charge in [-0.3, -0.25) is 4.79 Å². The molecule has 0 atom stereocenters. The minimum atomic E-state index is 0.178. The highest BCUT2D eigenvalue weighted by atomic mass is 32.1. The number of hydrogen-bond acceptors (Lipinski definition) is 3. The summed E-state index contributed by atoms with van der Waals surface area (Å²) in [5.41, 5.74) is 3.44. The number of aryl methyl sites for hydroxylation is 1. The van der Waals surface area contributed by atoms with Crippen LogP contribution in [0.1, 0.15) is 40.6 Å². The van der Waals surface area contributed by atoms with Crippen molar-refractivity contribution < 1.29 is 4.79 Å². The lowest BCUT2D eigenvalue weighted by Crippen LogP contribution is -2.48. The first-order chi connectivity index (χ1) is 11.1. The Morgan fingerprint density at radius 1 is 1.13 bits per heavy atom. The van der Waals surface area contributed by atoms with E-state index in [0.29, 0.717) is 5.92 Å². The monoisotopic (exact) mass is 328 g/mol. The molecule has 3 nitrogen and oxygen atoms in total. The SMILES string of the molecule is Cc1ccccc1N1CCN(C(=O)c2csc(C(C)C)c2)CC1. The number of hydrogen-bond donors (Lipinski definition) is 0. The van der Waals surface area contributed by atoms with Crippen LogP contribution in [0.25, 0.3) is 0 Å². The van der Waals surface area contributed by atoms with Crippen LogP contribution in [-0.2, 0) is 0 Å². The predicted octanol–water partition coefficient (Wildman–Crippen LogP) is 4.14.